The third kappa shape index (κ3) is 3.26. The van der Waals surface area contributed by atoms with Crippen LogP contribution in [0.1, 0.15) is 25.1 Å². The van der Waals surface area contributed by atoms with E-state index >= 15 is 0 Å². The fraction of sp³-hybridized carbons (Fsp3) is 0.667. The van der Waals surface area contributed by atoms with Gasteiger partial charge in [-0.2, -0.15) is 5.10 Å². The van der Waals surface area contributed by atoms with Crippen molar-refractivity contribution < 1.29 is 4.90 Å². The summed E-state index contributed by atoms with van der Waals surface area (Å²) in [7, 11) is 0. The second kappa shape index (κ2) is 6.12. The zero-order chi connectivity index (χ0) is 12.1. The summed E-state index contributed by atoms with van der Waals surface area (Å²) in [6.45, 7) is 8.21. The topological polar surface area (TPSA) is 35.1 Å². The predicted molar refractivity (Wildman–Crippen MR) is 69.0 cm³/mol. The molecule has 0 saturated carbocycles. The molecule has 0 bridgehead atoms. The number of hydrogen-bond donors (Lipinski definition) is 1. The lowest BCUT2D eigenvalue weighted by atomic mass is 10.1. The number of nitrogens with one attached hydrogen (secondary N) is 1. The second-order valence-corrected chi connectivity index (χ2v) is 4.97. The number of likely N-dealkylation sites (tertiary alicyclic amines) is 1. The number of aromatic nitrogens is 3. The van der Waals surface area contributed by atoms with Gasteiger partial charge in [-0.05, 0) is 19.3 Å². The maximum atomic E-state index is 5.14. The third-order valence-corrected chi connectivity index (χ3v) is 3.67. The van der Waals surface area contributed by atoms with Crippen LogP contribution < -0.4 is 4.90 Å². The molecule has 1 N–H and O–H groups in total. The minimum Gasteiger partial charge on any atom is -0.740 e. The average Bonchev–Trinajstić information content (AvgIpc) is 2.70. The van der Waals surface area contributed by atoms with E-state index in [0.717, 1.165) is 25.3 Å². The number of allylic oxidation sites excluding steroid dienone is 1. The van der Waals surface area contributed by atoms with Gasteiger partial charge in [0.05, 0.1) is 26.1 Å². The molecule has 4 nitrogen and oxygen atoms in total. The first-order valence-electron chi connectivity index (χ1n) is 6.35. The van der Waals surface area contributed by atoms with E-state index in [2.05, 4.69) is 16.8 Å². The molecule has 0 aromatic carbocycles. The molecule has 0 aliphatic carbocycles. The van der Waals surface area contributed by atoms with Gasteiger partial charge in [0.1, 0.15) is 5.82 Å². The Balaban J connectivity index is 1.91. The zero-order valence-electron chi connectivity index (χ0n) is 10.2. The fourth-order valence-corrected chi connectivity index (χ4v) is 2.63. The molecular formula is C12H20N4S. The van der Waals surface area contributed by atoms with Crippen molar-refractivity contribution in [3.05, 3.63) is 18.5 Å². The molecule has 1 fully saturated rings. The highest BCUT2D eigenvalue weighted by Crippen LogP contribution is 2.02. The molecule has 2 rings (SSSR count). The van der Waals surface area contributed by atoms with E-state index in [4.69, 9.17) is 12.6 Å². The van der Waals surface area contributed by atoms with Crippen LogP contribution in [0.15, 0.2) is 17.8 Å². The first kappa shape index (κ1) is 12.5. The van der Waals surface area contributed by atoms with Crippen molar-refractivity contribution in [2.45, 2.75) is 37.4 Å². The lowest BCUT2D eigenvalue weighted by Gasteiger charge is -2.23. The second-order valence-electron chi connectivity index (χ2n) is 4.61. The first-order valence-corrected chi connectivity index (χ1v) is 6.75. The van der Waals surface area contributed by atoms with Gasteiger partial charge < -0.3 is 22.1 Å². The van der Waals surface area contributed by atoms with Gasteiger partial charge in [-0.25, -0.2) is 0 Å². The van der Waals surface area contributed by atoms with Crippen molar-refractivity contribution in [2.75, 3.05) is 19.6 Å². The van der Waals surface area contributed by atoms with Crippen molar-refractivity contribution in [1.82, 2.24) is 14.8 Å². The highest BCUT2D eigenvalue weighted by atomic mass is 32.1. The summed E-state index contributed by atoms with van der Waals surface area (Å²) in [6, 6.07) is 0. The highest BCUT2D eigenvalue weighted by Gasteiger charge is 2.14. The molecule has 94 valence electrons. The van der Waals surface area contributed by atoms with Crippen LogP contribution >= 0.6 is 0 Å². The van der Waals surface area contributed by atoms with E-state index in [1.807, 2.05) is 10.6 Å². The Bertz CT molecular complexity index is 369. The van der Waals surface area contributed by atoms with Gasteiger partial charge in [0, 0.05) is 11.7 Å². The van der Waals surface area contributed by atoms with Crippen LogP contribution in [0.3, 0.4) is 0 Å². The SMILES string of the molecule is C=CCn1c([S-])nnc1CC[NH+]1CCCCC1. The standard InChI is InChI=1S/C12H20N4S/c1-2-7-16-11(13-14-12(16)17)6-10-15-8-4-3-5-9-15/h2H,1,3-10H2,(H,14,17). The maximum Gasteiger partial charge on any atom is 0.137 e. The van der Waals surface area contributed by atoms with Gasteiger partial charge in [0.25, 0.3) is 0 Å². The quantitative estimate of drug-likeness (QED) is 0.591. The average molecular weight is 252 g/mol. The van der Waals surface area contributed by atoms with Crippen molar-refractivity contribution >= 4 is 12.6 Å². The van der Waals surface area contributed by atoms with Crippen LogP contribution in [0.25, 0.3) is 0 Å². The molecule has 0 atom stereocenters. The maximum absolute atomic E-state index is 5.14. The third-order valence-electron chi connectivity index (χ3n) is 3.37. The molecular weight excluding hydrogens is 232 g/mol. The molecule has 1 aliphatic heterocycles. The molecule has 1 aromatic rings. The van der Waals surface area contributed by atoms with E-state index in [-0.39, 0.29) is 0 Å². The summed E-state index contributed by atoms with van der Waals surface area (Å²) >= 11 is 5.14. The Morgan fingerprint density at radius 1 is 1.29 bits per heavy atom. The van der Waals surface area contributed by atoms with E-state index < -0.39 is 0 Å². The van der Waals surface area contributed by atoms with Crippen molar-refractivity contribution in [1.29, 1.82) is 0 Å². The highest BCUT2D eigenvalue weighted by molar-refractivity contribution is 7.58. The summed E-state index contributed by atoms with van der Waals surface area (Å²) in [5.41, 5.74) is 0. The lowest BCUT2D eigenvalue weighted by Crippen LogP contribution is -3.13. The van der Waals surface area contributed by atoms with Gasteiger partial charge in [-0.1, -0.05) is 6.08 Å². The number of piperidine rings is 1. The summed E-state index contributed by atoms with van der Waals surface area (Å²) in [4.78, 5) is 1.69. The van der Waals surface area contributed by atoms with Gasteiger partial charge in [-0.15, -0.1) is 11.7 Å². The normalized spacial score (nSPS) is 17.2. The van der Waals surface area contributed by atoms with Crippen LogP contribution in [-0.2, 0) is 25.6 Å². The molecule has 1 saturated heterocycles. The van der Waals surface area contributed by atoms with Gasteiger partial charge in [-0.3, -0.25) is 0 Å². The molecule has 17 heavy (non-hydrogen) atoms. The Morgan fingerprint density at radius 2 is 2.06 bits per heavy atom. The molecule has 0 radical (unpaired) electrons. The van der Waals surface area contributed by atoms with Crippen LogP contribution in [-0.4, -0.2) is 34.4 Å². The lowest BCUT2D eigenvalue weighted by molar-refractivity contribution is -0.904. The van der Waals surface area contributed by atoms with Gasteiger partial charge >= 0.3 is 0 Å². The molecule has 0 amide bonds. The number of rotatable bonds is 5. The Labute approximate surface area is 108 Å². The summed E-state index contributed by atoms with van der Waals surface area (Å²) < 4.78 is 1.98. The van der Waals surface area contributed by atoms with Gasteiger partial charge in [0.15, 0.2) is 0 Å². The van der Waals surface area contributed by atoms with Crippen LogP contribution in [0, 0.1) is 0 Å². The smallest absolute Gasteiger partial charge is 0.137 e. The molecule has 0 spiro atoms. The number of hydrogen-bond acceptors (Lipinski definition) is 3. The first-order chi connectivity index (χ1) is 8.31. The fourth-order valence-electron chi connectivity index (χ4n) is 2.41. The Hall–Kier alpha value is -0.940. The van der Waals surface area contributed by atoms with E-state index in [9.17, 15) is 0 Å². The zero-order valence-corrected chi connectivity index (χ0v) is 11.0. The van der Waals surface area contributed by atoms with Crippen molar-refractivity contribution in [3.63, 3.8) is 0 Å². The Morgan fingerprint density at radius 3 is 2.76 bits per heavy atom. The number of nitrogens with zero attached hydrogens (tertiary/aromatic N) is 3. The molecule has 0 unspecified atom stereocenters. The minimum absolute atomic E-state index is 0.577. The Kier molecular flexibility index (Phi) is 4.50. The molecule has 5 heteroatoms. The van der Waals surface area contributed by atoms with E-state index in [1.54, 1.807) is 4.90 Å². The summed E-state index contributed by atoms with van der Waals surface area (Å²) in [6.07, 6.45) is 6.93. The van der Waals surface area contributed by atoms with Crippen molar-refractivity contribution in [3.8, 4) is 0 Å². The molecule has 1 aromatic heterocycles. The minimum atomic E-state index is 0.577. The molecule has 2 heterocycles. The monoisotopic (exact) mass is 252 g/mol. The number of quaternary nitrogens is 1. The van der Waals surface area contributed by atoms with E-state index in [0.29, 0.717) is 5.16 Å². The largest absolute Gasteiger partial charge is 0.740 e. The van der Waals surface area contributed by atoms with Crippen LogP contribution in [0.4, 0.5) is 0 Å². The van der Waals surface area contributed by atoms with Gasteiger partial charge in [0.2, 0.25) is 0 Å². The van der Waals surface area contributed by atoms with Crippen molar-refractivity contribution in [2.24, 2.45) is 0 Å². The summed E-state index contributed by atoms with van der Waals surface area (Å²) in [5.74, 6) is 1.01. The van der Waals surface area contributed by atoms with E-state index in [1.165, 1.54) is 32.4 Å². The summed E-state index contributed by atoms with van der Waals surface area (Å²) in [5, 5.41) is 8.71. The molecule has 1 aliphatic rings. The van der Waals surface area contributed by atoms with Crippen LogP contribution in [0.5, 0.6) is 0 Å². The van der Waals surface area contributed by atoms with Crippen LogP contribution in [0.2, 0.25) is 0 Å². The predicted octanol–water partition coefficient (Wildman–Crippen LogP) is -0.0188.